The summed E-state index contributed by atoms with van der Waals surface area (Å²) >= 11 is 0. The molecule has 1 aliphatic carbocycles. The molecule has 0 atom stereocenters. The number of hydrogen-bond donors (Lipinski definition) is 0. The first-order valence-corrected chi connectivity index (χ1v) is 33.7. The molecule has 0 bridgehead atoms. The summed E-state index contributed by atoms with van der Waals surface area (Å²) in [7, 11) is 0. The van der Waals surface area contributed by atoms with Gasteiger partial charge in [-0.25, -0.2) is 0 Å². The van der Waals surface area contributed by atoms with Crippen LogP contribution in [0.1, 0.15) is 41.7 Å². The van der Waals surface area contributed by atoms with Crippen LogP contribution in [0, 0.1) is 0 Å². The second-order valence-electron chi connectivity index (χ2n) is 25.4. The summed E-state index contributed by atoms with van der Waals surface area (Å²) in [5.74, 6) is 0. The first-order chi connectivity index (χ1) is 47.9. The lowest BCUT2D eigenvalue weighted by Crippen LogP contribution is -2.29. The normalized spacial score (nSPS) is 12.3. The van der Waals surface area contributed by atoms with Crippen molar-refractivity contribution in [3.8, 4) is 134 Å². The van der Waals surface area contributed by atoms with E-state index in [1.807, 2.05) is 0 Å². The smallest absolute Gasteiger partial charge is 0.0714 e. The van der Waals surface area contributed by atoms with Crippen LogP contribution in [0.2, 0.25) is 0 Å². The van der Waals surface area contributed by atoms with Crippen molar-refractivity contribution in [2.45, 2.75) is 19.3 Å². The third-order valence-electron chi connectivity index (χ3n) is 19.5. The lowest BCUT2D eigenvalue weighted by atomic mass is 9.66. The molecule has 0 nitrogen and oxygen atoms in total. The van der Waals surface area contributed by atoms with Gasteiger partial charge >= 0.3 is 0 Å². The van der Waals surface area contributed by atoms with Gasteiger partial charge in [-0.2, -0.15) is 0 Å². The Balaban J connectivity index is 1.05. The zero-order valence-electron chi connectivity index (χ0n) is 54.5. The topological polar surface area (TPSA) is 0 Å². The van der Waals surface area contributed by atoms with E-state index in [-0.39, 0.29) is 0 Å². The van der Waals surface area contributed by atoms with Gasteiger partial charge in [0.1, 0.15) is 0 Å². The van der Waals surface area contributed by atoms with Crippen LogP contribution in [0.25, 0.3) is 139 Å². The quantitative estimate of drug-likeness (QED) is 0.0898. The molecular formula is C97H70. The van der Waals surface area contributed by atoms with E-state index in [0.717, 1.165) is 89.0 Å². The first kappa shape index (κ1) is 59.8. The van der Waals surface area contributed by atoms with Crippen LogP contribution < -0.4 is 0 Å². The number of benzene rings is 15. The minimum atomic E-state index is -0.889. The molecule has 0 spiro atoms. The van der Waals surface area contributed by atoms with Gasteiger partial charge in [0.15, 0.2) is 0 Å². The molecule has 16 rings (SSSR count). The lowest BCUT2D eigenvalue weighted by Gasteiger charge is -2.35. The van der Waals surface area contributed by atoms with Gasteiger partial charge in [-0.1, -0.05) is 279 Å². The second kappa shape index (κ2) is 26.3. The Kier molecular flexibility index (Phi) is 16.2. The number of allylic oxidation sites excluding steroid dienone is 4. The van der Waals surface area contributed by atoms with E-state index in [1.54, 1.807) is 0 Å². The van der Waals surface area contributed by atoms with Crippen LogP contribution in [0.4, 0.5) is 0 Å². The largest absolute Gasteiger partial charge is 0.0871 e. The van der Waals surface area contributed by atoms with Gasteiger partial charge in [0.05, 0.1) is 5.41 Å². The van der Waals surface area contributed by atoms with E-state index in [4.69, 9.17) is 0 Å². The van der Waals surface area contributed by atoms with E-state index in [1.165, 1.54) is 77.9 Å². The summed E-state index contributed by atoms with van der Waals surface area (Å²) in [5, 5.41) is 0. The average Bonchev–Trinajstić information content (AvgIpc) is 1.56. The second-order valence-corrected chi connectivity index (χ2v) is 25.4. The predicted molar refractivity (Wildman–Crippen MR) is 412 cm³/mol. The predicted octanol–water partition coefficient (Wildman–Crippen LogP) is 26.4. The van der Waals surface area contributed by atoms with Gasteiger partial charge < -0.3 is 0 Å². The average molecular weight is 1240 g/mol. The monoisotopic (exact) mass is 1230 g/mol. The highest BCUT2D eigenvalue weighted by atomic mass is 14.5. The molecule has 15 aromatic carbocycles. The van der Waals surface area contributed by atoms with Crippen molar-refractivity contribution in [1.29, 1.82) is 0 Å². The van der Waals surface area contributed by atoms with E-state index in [9.17, 15) is 0 Å². The van der Waals surface area contributed by atoms with Gasteiger partial charge in [-0.05, 0) is 290 Å². The molecule has 0 radical (unpaired) electrons. The molecule has 0 N–H and O–H groups in total. The van der Waals surface area contributed by atoms with E-state index < -0.39 is 5.41 Å². The summed E-state index contributed by atoms with van der Waals surface area (Å²) in [6.45, 7) is 4.25. The van der Waals surface area contributed by atoms with E-state index >= 15 is 0 Å². The highest BCUT2D eigenvalue weighted by molar-refractivity contribution is 5.94. The van der Waals surface area contributed by atoms with Crippen molar-refractivity contribution in [2.24, 2.45) is 0 Å². The van der Waals surface area contributed by atoms with Crippen LogP contribution >= 0.6 is 0 Å². The Bertz CT molecular complexity index is 5050. The number of rotatable bonds is 15. The van der Waals surface area contributed by atoms with Crippen LogP contribution in [-0.2, 0) is 5.41 Å². The zero-order chi connectivity index (χ0) is 65.1. The Morgan fingerprint density at radius 2 is 0.402 bits per heavy atom. The Morgan fingerprint density at radius 1 is 0.206 bits per heavy atom. The third kappa shape index (κ3) is 11.7. The Hall–Kier alpha value is -12.2. The number of fused-ring (bicyclic) bond motifs is 3. The van der Waals surface area contributed by atoms with Gasteiger partial charge in [0.2, 0.25) is 0 Å². The van der Waals surface area contributed by atoms with E-state index in [0.29, 0.717) is 0 Å². The first-order valence-electron chi connectivity index (χ1n) is 33.7. The minimum Gasteiger partial charge on any atom is -0.0871 e. The summed E-state index contributed by atoms with van der Waals surface area (Å²) in [6, 6.07) is 138. The van der Waals surface area contributed by atoms with Crippen molar-refractivity contribution in [3.05, 3.63) is 416 Å². The van der Waals surface area contributed by atoms with Gasteiger partial charge in [0.25, 0.3) is 0 Å². The van der Waals surface area contributed by atoms with E-state index in [2.05, 4.69) is 402 Å². The molecule has 0 amide bonds. The molecule has 97 heavy (non-hydrogen) atoms. The summed E-state index contributed by atoms with van der Waals surface area (Å²) in [4.78, 5) is 0. The highest BCUT2D eigenvalue weighted by Gasteiger charge is 2.47. The fraction of sp³-hybridized carbons (Fsp3) is 0.0309. The molecule has 15 aromatic rings. The summed E-state index contributed by atoms with van der Waals surface area (Å²) in [5.41, 5.74) is 34.0. The van der Waals surface area contributed by atoms with Crippen LogP contribution in [0.15, 0.2) is 388 Å². The van der Waals surface area contributed by atoms with Crippen LogP contribution in [-0.4, -0.2) is 0 Å². The Labute approximate surface area is 570 Å². The molecule has 0 heteroatoms. The van der Waals surface area contributed by atoms with Gasteiger partial charge in [-0.15, -0.1) is 0 Å². The molecule has 0 heterocycles. The summed E-state index contributed by atoms with van der Waals surface area (Å²) < 4.78 is 0. The Morgan fingerprint density at radius 3 is 0.639 bits per heavy atom. The maximum Gasteiger partial charge on any atom is 0.0714 e. The lowest BCUT2D eigenvalue weighted by molar-refractivity contribution is 0.770. The molecule has 0 unspecified atom stereocenters. The fourth-order valence-electron chi connectivity index (χ4n) is 14.8. The molecule has 0 saturated heterocycles. The minimum absolute atomic E-state index is 0.889. The van der Waals surface area contributed by atoms with Crippen molar-refractivity contribution in [2.75, 3.05) is 0 Å². The van der Waals surface area contributed by atoms with Crippen LogP contribution in [0.3, 0.4) is 0 Å². The van der Waals surface area contributed by atoms with Crippen LogP contribution in [0.5, 0.6) is 0 Å². The van der Waals surface area contributed by atoms with Crippen molar-refractivity contribution in [1.82, 2.24) is 0 Å². The molecule has 0 aliphatic heterocycles. The van der Waals surface area contributed by atoms with Gasteiger partial charge in [0, 0.05) is 0 Å². The molecule has 1 aliphatic rings. The molecule has 0 saturated carbocycles. The molecular weight excluding hydrogens is 1170 g/mol. The van der Waals surface area contributed by atoms with Gasteiger partial charge in [-0.3, -0.25) is 0 Å². The van der Waals surface area contributed by atoms with Crippen molar-refractivity contribution in [3.63, 3.8) is 0 Å². The zero-order valence-corrected chi connectivity index (χ0v) is 54.5. The SMILES string of the molecule is CC=CC(=CC)c1cc(-c2ccccc2)cc(-c2cc(-c3cc(-c4ccccc4)cc(-c4ccccc4)c3)cc(C3(c4cc(-c5cc(-c6ccccc6)cc(-c6ccccc6)c5)cc(-c5cc(-c6ccccc6)cc(-c6ccccc6)c5)c4)c4ccccc4-c4ccccc43)c2)c1. The van der Waals surface area contributed by atoms with Crippen molar-refractivity contribution < 1.29 is 0 Å². The fourth-order valence-corrected chi connectivity index (χ4v) is 14.8. The maximum atomic E-state index is 2.54. The molecule has 0 fully saturated rings. The van der Waals surface area contributed by atoms with Crippen molar-refractivity contribution >= 4 is 5.57 Å². The standard InChI is InChI=1S/C97H70/c1-3-30-67(4-2)75-49-76(68-31-12-5-13-32-68)54-83(50-75)87-61-88(84-55-77(69-33-14-6-15-34-69)51-78(56-84)70-35-16-7-17-36-70)64-91(63-87)97(95-47-28-26-45-93(95)94-46-27-29-48-96(94)97)92-65-89(85-57-79(71-37-18-8-19-38-71)52-80(58-85)72-39-20-9-21-40-72)62-90(66-92)86-59-81(73-41-22-10-23-42-73)53-82(60-86)74-43-24-11-25-44-74/h3-66H,1-2H3. The molecule has 458 valence electrons. The maximum absolute atomic E-state index is 2.54. The summed E-state index contributed by atoms with van der Waals surface area (Å²) in [6.07, 6.45) is 6.62. The third-order valence-corrected chi connectivity index (χ3v) is 19.5. The highest BCUT2D eigenvalue weighted by Crippen LogP contribution is 2.58. The number of hydrogen-bond acceptors (Lipinski definition) is 0. The molecule has 0 aromatic heterocycles.